The Labute approximate surface area is 127 Å². The molecule has 0 saturated heterocycles. The van der Waals surface area contributed by atoms with E-state index in [0.29, 0.717) is 5.69 Å². The maximum atomic E-state index is 12.0. The van der Waals surface area contributed by atoms with Crippen molar-refractivity contribution in [2.24, 2.45) is 0 Å². The van der Waals surface area contributed by atoms with Crippen LogP contribution in [0.15, 0.2) is 12.5 Å². The van der Waals surface area contributed by atoms with Gasteiger partial charge in [-0.15, -0.1) is 0 Å². The average Bonchev–Trinajstić information content (AvgIpc) is 2.96. The van der Waals surface area contributed by atoms with Crippen molar-refractivity contribution in [2.45, 2.75) is 31.7 Å². The van der Waals surface area contributed by atoms with Gasteiger partial charge in [0.2, 0.25) is 11.8 Å². The maximum absolute atomic E-state index is 12.0. The number of aliphatic carboxylic acids is 1. The molecule has 9 nitrogen and oxygen atoms in total. The van der Waals surface area contributed by atoms with Crippen LogP contribution in [0.3, 0.4) is 0 Å². The van der Waals surface area contributed by atoms with Gasteiger partial charge >= 0.3 is 5.97 Å². The lowest BCUT2D eigenvalue weighted by atomic mass is 10.1. The Morgan fingerprint density at radius 2 is 2.09 bits per heavy atom. The third-order valence-electron chi connectivity index (χ3n) is 2.83. The highest BCUT2D eigenvalue weighted by atomic mass is 16.4. The Hall–Kier alpha value is -2.42. The summed E-state index contributed by atoms with van der Waals surface area (Å²) in [5, 5.41) is 22.3. The van der Waals surface area contributed by atoms with Crippen LogP contribution in [0.1, 0.15) is 25.0 Å². The molecule has 1 aromatic heterocycles. The highest BCUT2D eigenvalue weighted by Crippen LogP contribution is 2.01. The highest BCUT2D eigenvalue weighted by molar-refractivity contribution is 5.87. The molecule has 1 rings (SSSR count). The molecular formula is C13H20N4O5. The predicted molar refractivity (Wildman–Crippen MR) is 75.8 cm³/mol. The van der Waals surface area contributed by atoms with E-state index in [1.165, 1.54) is 6.33 Å². The lowest BCUT2D eigenvalue weighted by Gasteiger charge is -2.17. The molecule has 0 aliphatic rings. The summed E-state index contributed by atoms with van der Waals surface area (Å²) in [4.78, 5) is 40.9. The van der Waals surface area contributed by atoms with Crippen LogP contribution in [-0.2, 0) is 20.8 Å². The van der Waals surface area contributed by atoms with Crippen LogP contribution in [0, 0.1) is 0 Å². The Kier molecular flexibility index (Phi) is 7.62. The zero-order valence-corrected chi connectivity index (χ0v) is 12.0. The molecule has 1 unspecified atom stereocenters. The summed E-state index contributed by atoms with van der Waals surface area (Å²) >= 11 is 0. The second kappa shape index (κ2) is 9.50. The molecule has 5 N–H and O–H groups in total. The van der Waals surface area contributed by atoms with Gasteiger partial charge in [0.05, 0.1) is 18.6 Å². The summed E-state index contributed by atoms with van der Waals surface area (Å²) in [6, 6.07) is -0.827. The molecule has 0 radical (unpaired) electrons. The number of aliphatic hydroxyl groups is 1. The molecular weight excluding hydrogens is 292 g/mol. The van der Waals surface area contributed by atoms with E-state index < -0.39 is 23.8 Å². The molecule has 0 aromatic carbocycles. The number of amides is 2. The first-order valence-electron chi connectivity index (χ1n) is 6.90. The van der Waals surface area contributed by atoms with Crippen molar-refractivity contribution in [1.29, 1.82) is 0 Å². The molecule has 1 heterocycles. The lowest BCUT2D eigenvalue weighted by molar-refractivity contribution is -0.137. The standard InChI is InChI=1S/C13H20N4O5/c18-5-4-15-13(22)10(6-9-7-14-8-16-9)17-11(19)2-1-3-12(20)21/h7-8,10,18H,1-6H2,(H,14,16)(H,15,22)(H,17,19)(H,20,21). The highest BCUT2D eigenvalue weighted by Gasteiger charge is 2.21. The molecule has 1 aromatic rings. The number of imidazole rings is 1. The molecule has 0 aliphatic heterocycles. The van der Waals surface area contributed by atoms with Crippen LogP contribution < -0.4 is 10.6 Å². The second-order valence-corrected chi connectivity index (χ2v) is 4.65. The van der Waals surface area contributed by atoms with Crippen molar-refractivity contribution in [3.8, 4) is 0 Å². The number of rotatable bonds is 10. The zero-order valence-electron chi connectivity index (χ0n) is 12.0. The van der Waals surface area contributed by atoms with Crippen LogP contribution in [0.5, 0.6) is 0 Å². The van der Waals surface area contributed by atoms with Gasteiger partial charge in [-0.1, -0.05) is 0 Å². The summed E-state index contributed by atoms with van der Waals surface area (Å²) in [7, 11) is 0. The molecule has 1 atom stereocenters. The summed E-state index contributed by atoms with van der Waals surface area (Å²) in [5.41, 5.74) is 0.606. The average molecular weight is 312 g/mol. The molecule has 0 bridgehead atoms. The normalized spacial score (nSPS) is 11.7. The van der Waals surface area contributed by atoms with Crippen LogP contribution >= 0.6 is 0 Å². The van der Waals surface area contributed by atoms with Crippen LogP contribution in [0.2, 0.25) is 0 Å². The van der Waals surface area contributed by atoms with Gasteiger partial charge in [0, 0.05) is 32.0 Å². The first-order valence-corrected chi connectivity index (χ1v) is 6.90. The molecule has 22 heavy (non-hydrogen) atoms. The number of aromatic nitrogens is 2. The van der Waals surface area contributed by atoms with E-state index in [0.717, 1.165) is 0 Å². The number of H-pyrrole nitrogens is 1. The summed E-state index contributed by atoms with van der Waals surface area (Å²) in [6.07, 6.45) is 3.40. The van der Waals surface area contributed by atoms with E-state index in [9.17, 15) is 14.4 Å². The first kappa shape index (κ1) is 17.6. The molecule has 0 spiro atoms. The topological polar surface area (TPSA) is 144 Å². The fourth-order valence-corrected chi connectivity index (χ4v) is 1.79. The van der Waals surface area contributed by atoms with E-state index in [1.54, 1.807) is 6.20 Å². The van der Waals surface area contributed by atoms with Crippen LogP contribution in [0.4, 0.5) is 0 Å². The van der Waals surface area contributed by atoms with Crippen molar-refractivity contribution >= 4 is 17.8 Å². The van der Waals surface area contributed by atoms with Gasteiger partial charge in [0.1, 0.15) is 6.04 Å². The van der Waals surface area contributed by atoms with Crippen LogP contribution in [0.25, 0.3) is 0 Å². The van der Waals surface area contributed by atoms with Crippen molar-refractivity contribution in [3.05, 3.63) is 18.2 Å². The number of nitrogens with one attached hydrogen (secondary N) is 3. The van der Waals surface area contributed by atoms with Gasteiger partial charge in [-0.05, 0) is 6.42 Å². The maximum Gasteiger partial charge on any atom is 0.303 e. The molecule has 0 fully saturated rings. The van der Waals surface area contributed by atoms with Crippen molar-refractivity contribution in [3.63, 3.8) is 0 Å². The van der Waals surface area contributed by atoms with E-state index in [4.69, 9.17) is 10.2 Å². The number of carboxylic acid groups (broad SMARTS) is 1. The number of carbonyl (C=O) groups is 3. The number of nitrogens with zero attached hydrogens (tertiary/aromatic N) is 1. The Morgan fingerprint density at radius 3 is 2.68 bits per heavy atom. The van der Waals surface area contributed by atoms with Gasteiger partial charge in [0.25, 0.3) is 0 Å². The Morgan fingerprint density at radius 1 is 1.32 bits per heavy atom. The van der Waals surface area contributed by atoms with E-state index in [1.807, 2.05) is 0 Å². The fourth-order valence-electron chi connectivity index (χ4n) is 1.79. The largest absolute Gasteiger partial charge is 0.481 e. The number of carbonyl (C=O) groups excluding carboxylic acids is 2. The number of carboxylic acids is 1. The second-order valence-electron chi connectivity index (χ2n) is 4.65. The lowest BCUT2D eigenvalue weighted by Crippen LogP contribution is -2.48. The quantitative estimate of drug-likeness (QED) is 0.367. The predicted octanol–water partition coefficient (Wildman–Crippen LogP) is -1.20. The third-order valence-corrected chi connectivity index (χ3v) is 2.83. The first-order chi connectivity index (χ1) is 10.5. The number of aliphatic hydroxyl groups excluding tert-OH is 1. The summed E-state index contributed by atoms with van der Waals surface area (Å²) in [6.45, 7) is -0.113. The third kappa shape index (κ3) is 6.84. The van der Waals surface area contributed by atoms with Gasteiger partial charge in [-0.3, -0.25) is 14.4 Å². The minimum Gasteiger partial charge on any atom is -0.481 e. The summed E-state index contributed by atoms with van der Waals surface area (Å²) in [5.74, 6) is -1.80. The fraction of sp³-hybridized carbons (Fsp3) is 0.538. The van der Waals surface area contributed by atoms with Crippen LogP contribution in [-0.4, -0.2) is 57.2 Å². The molecule has 0 saturated carbocycles. The number of hydrogen-bond acceptors (Lipinski definition) is 5. The van der Waals surface area contributed by atoms with E-state index in [-0.39, 0.29) is 38.8 Å². The molecule has 122 valence electrons. The van der Waals surface area contributed by atoms with Gasteiger partial charge in [-0.25, -0.2) is 4.98 Å². The Balaban J connectivity index is 2.54. The smallest absolute Gasteiger partial charge is 0.303 e. The van der Waals surface area contributed by atoms with Gasteiger partial charge < -0.3 is 25.8 Å². The Bertz CT molecular complexity index is 489. The minimum absolute atomic E-state index is 0.0244. The van der Waals surface area contributed by atoms with Gasteiger partial charge in [0.15, 0.2) is 0 Å². The molecule has 2 amide bonds. The SMILES string of the molecule is O=C(O)CCCC(=O)NC(Cc1c[nH]cn1)C(=O)NCCO. The zero-order chi connectivity index (χ0) is 16.4. The summed E-state index contributed by atoms with van der Waals surface area (Å²) < 4.78 is 0. The minimum atomic E-state index is -0.971. The van der Waals surface area contributed by atoms with E-state index >= 15 is 0 Å². The van der Waals surface area contributed by atoms with Crippen molar-refractivity contribution in [2.75, 3.05) is 13.2 Å². The van der Waals surface area contributed by atoms with E-state index in [2.05, 4.69) is 20.6 Å². The van der Waals surface area contributed by atoms with Crippen molar-refractivity contribution < 1.29 is 24.6 Å². The number of hydrogen-bond donors (Lipinski definition) is 5. The van der Waals surface area contributed by atoms with Gasteiger partial charge in [-0.2, -0.15) is 0 Å². The van der Waals surface area contributed by atoms with Crippen molar-refractivity contribution in [1.82, 2.24) is 20.6 Å². The monoisotopic (exact) mass is 312 g/mol. The molecule has 9 heteroatoms. The number of aromatic amines is 1. The molecule has 0 aliphatic carbocycles.